The third-order valence-corrected chi connectivity index (χ3v) is 7.11. The number of nitrogens with one attached hydrogen (secondary N) is 1. The summed E-state index contributed by atoms with van der Waals surface area (Å²) in [7, 11) is -3.71. The second kappa shape index (κ2) is 10.1. The molecule has 1 fully saturated rings. The van der Waals surface area contributed by atoms with E-state index in [2.05, 4.69) is 0 Å². The van der Waals surface area contributed by atoms with Crippen LogP contribution < -0.4 is 5.48 Å². The molecule has 2 N–H and O–H groups in total. The van der Waals surface area contributed by atoms with Gasteiger partial charge in [0.1, 0.15) is 5.82 Å². The Morgan fingerprint density at radius 2 is 1.90 bits per heavy atom. The van der Waals surface area contributed by atoms with Crippen LogP contribution in [0.3, 0.4) is 0 Å². The minimum atomic E-state index is -3.71. The molecule has 9 heteroatoms. The molecule has 162 valence electrons. The normalized spacial score (nSPS) is 15.8. The summed E-state index contributed by atoms with van der Waals surface area (Å²) in [5.74, 6) is -0.884. The second-order valence-electron chi connectivity index (χ2n) is 7.19. The third kappa shape index (κ3) is 5.63. The number of hydrogen-bond donors (Lipinski definition) is 2. The van der Waals surface area contributed by atoms with Crippen LogP contribution >= 0.6 is 0 Å². The van der Waals surface area contributed by atoms with Gasteiger partial charge < -0.3 is 4.74 Å². The maximum Gasteiger partial charge on any atom is 0.243 e. The molecule has 0 saturated carbocycles. The van der Waals surface area contributed by atoms with Gasteiger partial charge in [-0.1, -0.05) is 30.3 Å². The van der Waals surface area contributed by atoms with Gasteiger partial charge in [-0.05, 0) is 48.6 Å². The summed E-state index contributed by atoms with van der Waals surface area (Å²) in [6, 6.07) is 12.8. The van der Waals surface area contributed by atoms with E-state index >= 15 is 0 Å². The molecule has 3 rings (SSSR count). The quantitative estimate of drug-likeness (QED) is 0.490. The van der Waals surface area contributed by atoms with Crippen LogP contribution in [0.25, 0.3) is 0 Å². The van der Waals surface area contributed by atoms with Crippen LogP contribution in [0.4, 0.5) is 4.39 Å². The first-order chi connectivity index (χ1) is 14.4. The maximum atomic E-state index is 13.3. The smallest absolute Gasteiger partial charge is 0.243 e. The molecule has 0 aliphatic carbocycles. The van der Waals surface area contributed by atoms with Crippen molar-refractivity contribution in [3.8, 4) is 0 Å². The Bertz CT molecular complexity index is 975. The van der Waals surface area contributed by atoms with Crippen LogP contribution in [0.15, 0.2) is 53.4 Å². The molecule has 2 aromatic rings. The highest BCUT2D eigenvalue weighted by Gasteiger charge is 2.31. The average Bonchev–Trinajstić information content (AvgIpc) is 2.76. The Hall–Kier alpha value is -2.33. The maximum absolute atomic E-state index is 13.3. The van der Waals surface area contributed by atoms with Crippen molar-refractivity contribution in [1.82, 2.24) is 9.79 Å². The molecular formula is C21H25FN2O5S. The zero-order valence-corrected chi connectivity index (χ0v) is 17.3. The van der Waals surface area contributed by atoms with Crippen molar-refractivity contribution >= 4 is 15.9 Å². The standard InChI is InChI=1S/C21H25FN2O5S/c22-18-6-3-4-16(14-18)15-29-19-10-12-24(13-11-19)30(27,28)20-7-2-1-5-17(20)8-9-21(25)23-26/h1-7,14,19,26H,8-13,15H2,(H,23,25). The molecule has 0 radical (unpaired) electrons. The number of benzene rings is 2. The average molecular weight is 437 g/mol. The second-order valence-corrected chi connectivity index (χ2v) is 9.09. The van der Waals surface area contributed by atoms with Crippen molar-refractivity contribution < 1.29 is 27.5 Å². The molecule has 0 bridgehead atoms. The SMILES string of the molecule is O=C(CCc1ccccc1S(=O)(=O)N1CCC(OCc2cccc(F)c2)CC1)NO. The summed E-state index contributed by atoms with van der Waals surface area (Å²) >= 11 is 0. The van der Waals surface area contributed by atoms with Gasteiger partial charge in [0, 0.05) is 19.5 Å². The first kappa shape index (κ1) is 22.4. The van der Waals surface area contributed by atoms with Gasteiger partial charge >= 0.3 is 0 Å². The number of piperidine rings is 1. The summed E-state index contributed by atoms with van der Waals surface area (Å²) in [5.41, 5.74) is 2.83. The minimum Gasteiger partial charge on any atom is -0.373 e. The molecule has 0 aromatic heterocycles. The summed E-state index contributed by atoms with van der Waals surface area (Å²) in [6.07, 6.45) is 1.18. The molecular weight excluding hydrogens is 411 g/mol. The summed E-state index contributed by atoms with van der Waals surface area (Å²) in [6.45, 7) is 0.925. The van der Waals surface area contributed by atoms with E-state index in [1.54, 1.807) is 35.8 Å². The van der Waals surface area contributed by atoms with E-state index < -0.39 is 15.9 Å². The number of sulfonamides is 1. The highest BCUT2D eigenvalue weighted by Crippen LogP contribution is 2.25. The summed E-state index contributed by atoms with van der Waals surface area (Å²) in [4.78, 5) is 11.5. The molecule has 1 aliphatic heterocycles. The van der Waals surface area contributed by atoms with Crippen molar-refractivity contribution in [3.63, 3.8) is 0 Å². The molecule has 1 aliphatic rings. The Balaban J connectivity index is 1.60. The van der Waals surface area contributed by atoms with Crippen LogP contribution in [0.2, 0.25) is 0 Å². The van der Waals surface area contributed by atoms with Gasteiger partial charge in [0.15, 0.2) is 0 Å². The van der Waals surface area contributed by atoms with Gasteiger partial charge in [-0.3, -0.25) is 10.0 Å². The number of amides is 1. The molecule has 1 amide bonds. The molecule has 1 saturated heterocycles. The van der Waals surface area contributed by atoms with E-state index in [0.717, 1.165) is 5.56 Å². The van der Waals surface area contributed by atoms with E-state index in [9.17, 15) is 17.6 Å². The Kier molecular flexibility index (Phi) is 7.54. The third-order valence-electron chi connectivity index (χ3n) is 5.11. The molecule has 0 atom stereocenters. The largest absolute Gasteiger partial charge is 0.373 e. The van der Waals surface area contributed by atoms with Gasteiger partial charge in [-0.15, -0.1) is 0 Å². The lowest BCUT2D eigenvalue weighted by Crippen LogP contribution is -2.41. The molecule has 0 spiro atoms. The van der Waals surface area contributed by atoms with Crippen LogP contribution in [-0.4, -0.2) is 43.0 Å². The predicted molar refractivity (Wildman–Crippen MR) is 108 cm³/mol. The van der Waals surface area contributed by atoms with E-state index in [1.165, 1.54) is 22.5 Å². The fourth-order valence-electron chi connectivity index (χ4n) is 3.49. The highest BCUT2D eigenvalue weighted by molar-refractivity contribution is 7.89. The highest BCUT2D eigenvalue weighted by atomic mass is 32.2. The van der Waals surface area contributed by atoms with E-state index in [1.807, 2.05) is 0 Å². The lowest BCUT2D eigenvalue weighted by Gasteiger charge is -2.31. The van der Waals surface area contributed by atoms with Gasteiger partial charge in [-0.25, -0.2) is 18.3 Å². The first-order valence-corrected chi connectivity index (χ1v) is 11.2. The Morgan fingerprint density at radius 1 is 1.17 bits per heavy atom. The van der Waals surface area contributed by atoms with E-state index in [0.29, 0.717) is 31.5 Å². The number of carbonyl (C=O) groups excluding carboxylic acids is 1. The molecule has 2 aromatic carbocycles. The van der Waals surface area contributed by atoms with Crippen LogP contribution in [0.1, 0.15) is 30.4 Å². The lowest BCUT2D eigenvalue weighted by atomic mass is 10.1. The van der Waals surface area contributed by atoms with Crippen LogP contribution in [0.5, 0.6) is 0 Å². The zero-order chi connectivity index (χ0) is 21.6. The van der Waals surface area contributed by atoms with E-state index in [4.69, 9.17) is 9.94 Å². The number of aryl methyl sites for hydroxylation is 1. The van der Waals surface area contributed by atoms with Crippen molar-refractivity contribution in [2.75, 3.05) is 13.1 Å². The lowest BCUT2D eigenvalue weighted by molar-refractivity contribution is -0.129. The number of hydroxylamine groups is 1. The zero-order valence-electron chi connectivity index (χ0n) is 16.5. The van der Waals surface area contributed by atoms with Gasteiger partial charge in [0.05, 0.1) is 17.6 Å². The van der Waals surface area contributed by atoms with E-state index in [-0.39, 0.29) is 36.3 Å². The van der Waals surface area contributed by atoms with Gasteiger partial charge in [0.25, 0.3) is 0 Å². The number of halogens is 1. The van der Waals surface area contributed by atoms with Gasteiger partial charge in [-0.2, -0.15) is 4.31 Å². The van der Waals surface area contributed by atoms with Crippen molar-refractivity contribution in [2.45, 2.75) is 43.3 Å². The van der Waals surface area contributed by atoms with Gasteiger partial charge in [0.2, 0.25) is 15.9 Å². The molecule has 0 unspecified atom stereocenters. The number of hydrogen-bond acceptors (Lipinski definition) is 5. The fraction of sp³-hybridized carbons (Fsp3) is 0.381. The monoisotopic (exact) mass is 436 g/mol. The van der Waals surface area contributed by atoms with Crippen molar-refractivity contribution in [2.24, 2.45) is 0 Å². The molecule has 1 heterocycles. The summed E-state index contributed by atoms with van der Waals surface area (Å²) < 4.78 is 46.8. The Morgan fingerprint density at radius 3 is 2.60 bits per heavy atom. The van der Waals surface area contributed by atoms with Crippen LogP contribution in [0, 0.1) is 5.82 Å². The fourth-order valence-corrected chi connectivity index (χ4v) is 5.21. The van der Waals surface area contributed by atoms with Crippen molar-refractivity contribution in [1.29, 1.82) is 0 Å². The topological polar surface area (TPSA) is 95.9 Å². The number of ether oxygens (including phenoxy) is 1. The Labute approximate surface area is 175 Å². The number of carbonyl (C=O) groups is 1. The molecule has 30 heavy (non-hydrogen) atoms. The number of rotatable bonds is 8. The summed E-state index contributed by atoms with van der Waals surface area (Å²) in [5, 5.41) is 8.64. The molecule has 7 nitrogen and oxygen atoms in total. The minimum absolute atomic E-state index is 0.0149. The van der Waals surface area contributed by atoms with Crippen LogP contribution in [-0.2, 0) is 32.6 Å². The predicted octanol–water partition coefficient (Wildman–Crippen LogP) is 2.63. The first-order valence-electron chi connectivity index (χ1n) is 9.77. The number of nitrogens with zero attached hydrogens (tertiary/aromatic N) is 1. The van der Waals surface area contributed by atoms with Crippen molar-refractivity contribution in [3.05, 3.63) is 65.5 Å².